The third-order valence-electron chi connectivity index (χ3n) is 3.22. The minimum absolute atomic E-state index is 0.174. The Balaban J connectivity index is 2.30. The van der Waals surface area contributed by atoms with E-state index in [0.717, 1.165) is 10.6 Å². The summed E-state index contributed by atoms with van der Waals surface area (Å²) in [4.78, 5) is 1.36. The van der Waals surface area contributed by atoms with E-state index in [9.17, 15) is 0 Å². The minimum atomic E-state index is 0.174. The first-order valence-electron chi connectivity index (χ1n) is 6.28. The van der Waals surface area contributed by atoms with Gasteiger partial charge in [-0.15, -0.1) is 11.3 Å². The molecule has 0 spiro atoms. The maximum atomic E-state index is 6.34. The molecule has 102 valence electrons. The zero-order valence-corrected chi connectivity index (χ0v) is 14.8. The fraction of sp³-hybridized carbons (Fsp3) is 0.375. The Hall–Kier alpha value is -0.310. The summed E-state index contributed by atoms with van der Waals surface area (Å²) in [5, 5.41) is 2.99. The molecule has 0 radical (unpaired) electrons. The molecule has 1 aromatic heterocycles. The van der Waals surface area contributed by atoms with Crippen molar-refractivity contribution in [1.29, 1.82) is 0 Å². The second-order valence-corrected chi connectivity index (χ2v) is 8.04. The van der Waals surface area contributed by atoms with Gasteiger partial charge in [0.05, 0.1) is 9.85 Å². The molecule has 2 aromatic rings. The van der Waals surface area contributed by atoms with E-state index >= 15 is 0 Å². The molecule has 0 fully saturated rings. The Kier molecular flexibility index (Phi) is 4.44. The molecule has 0 nitrogen and oxygen atoms in total. The maximum Gasteiger partial charge on any atom is 0.0753 e. The molecule has 0 saturated carbocycles. The van der Waals surface area contributed by atoms with Gasteiger partial charge >= 0.3 is 0 Å². The lowest BCUT2D eigenvalue weighted by Gasteiger charge is -2.20. The zero-order chi connectivity index (χ0) is 14.2. The summed E-state index contributed by atoms with van der Waals surface area (Å²) in [6, 6.07) is 8.78. The summed E-state index contributed by atoms with van der Waals surface area (Å²) in [6.07, 6.45) is 0. The lowest BCUT2D eigenvalue weighted by molar-refractivity contribution is 0.590. The first-order valence-corrected chi connectivity index (χ1v) is 8.46. The van der Waals surface area contributed by atoms with E-state index < -0.39 is 0 Å². The number of thiophene rings is 1. The van der Waals surface area contributed by atoms with E-state index in [2.05, 4.69) is 66.3 Å². The first-order chi connectivity index (χ1) is 8.80. The summed E-state index contributed by atoms with van der Waals surface area (Å²) in [5.74, 6) is 0. The van der Waals surface area contributed by atoms with Crippen LogP contribution in [0.2, 0.25) is 5.02 Å². The van der Waals surface area contributed by atoms with Crippen LogP contribution in [0, 0.1) is 6.92 Å². The summed E-state index contributed by atoms with van der Waals surface area (Å²) in [7, 11) is 0. The van der Waals surface area contributed by atoms with Crippen LogP contribution >= 0.6 is 38.9 Å². The fourth-order valence-electron chi connectivity index (χ4n) is 1.92. The number of halogens is 2. The van der Waals surface area contributed by atoms with E-state index in [-0.39, 0.29) is 10.2 Å². The molecule has 19 heavy (non-hydrogen) atoms. The van der Waals surface area contributed by atoms with Crippen LogP contribution in [-0.4, -0.2) is 0 Å². The lowest BCUT2D eigenvalue weighted by atomic mass is 9.86. The van der Waals surface area contributed by atoms with Crippen molar-refractivity contribution in [2.75, 3.05) is 0 Å². The third-order valence-corrected chi connectivity index (χ3v) is 6.29. The van der Waals surface area contributed by atoms with Gasteiger partial charge in [-0.2, -0.15) is 0 Å². The molecule has 0 aliphatic carbocycles. The highest BCUT2D eigenvalue weighted by Crippen LogP contribution is 2.41. The third kappa shape index (κ3) is 3.24. The average molecular weight is 358 g/mol. The number of alkyl halides is 1. The summed E-state index contributed by atoms with van der Waals surface area (Å²) >= 11 is 11.8. The van der Waals surface area contributed by atoms with Crippen molar-refractivity contribution in [3.8, 4) is 0 Å². The molecular formula is C16H18BrClS. The maximum absolute atomic E-state index is 6.34. The van der Waals surface area contributed by atoms with Gasteiger partial charge in [0, 0.05) is 4.88 Å². The Morgan fingerprint density at radius 2 is 1.74 bits per heavy atom. The summed E-state index contributed by atoms with van der Waals surface area (Å²) < 4.78 is 0. The number of hydrogen-bond acceptors (Lipinski definition) is 1. The fourth-order valence-corrected chi connectivity index (χ4v) is 4.22. The monoisotopic (exact) mass is 356 g/mol. The molecule has 0 N–H and O–H groups in total. The summed E-state index contributed by atoms with van der Waals surface area (Å²) in [6.45, 7) is 8.73. The molecule has 1 heterocycles. The van der Waals surface area contributed by atoms with Gasteiger partial charge < -0.3 is 0 Å². The van der Waals surface area contributed by atoms with Crippen molar-refractivity contribution >= 4 is 38.9 Å². The highest BCUT2D eigenvalue weighted by atomic mass is 79.9. The second kappa shape index (κ2) is 5.59. The normalized spacial score (nSPS) is 13.6. The number of aryl methyl sites for hydroxylation is 1. The smallest absolute Gasteiger partial charge is 0.0753 e. The van der Waals surface area contributed by atoms with Crippen LogP contribution in [0.3, 0.4) is 0 Å². The number of rotatable bonds is 2. The molecule has 3 heteroatoms. The van der Waals surface area contributed by atoms with E-state index in [4.69, 9.17) is 11.6 Å². The molecule has 0 aliphatic rings. The molecule has 1 aromatic carbocycles. The van der Waals surface area contributed by atoms with Crippen molar-refractivity contribution in [1.82, 2.24) is 0 Å². The molecule has 0 amide bonds. The Morgan fingerprint density at radius 1 is 1.16 bits per heavy atom. The van der Waals surface area contributed by atoms with E-state index in [1.807, 2.05) is 6.92 Å². The SMILES string of the molecule is Cc1csc(C(Br)c2ccc(C(C)(C)C)cc2)c1Cl. The van der Waals surface area contributed by atoms with Crippen molar-refractivity contribution in [2.24, 2.45) is 0 Å². The molecule has 0 saturated heterocycles. The van der Waals surface area contributed by atoms with E-state index in [1.54, 1.807) is 11.3 Å². The van der Waals surface area contributed by atoms with Gasteiger partial charge in [0.25, 0.3) is 0 Å². The number of benzene rings is 1. The predicted molar refractivity (Wildman–Crippen MR) is 90.0 cm³/mol. The molecule has 2 rings (SSSR count). The van der Waals surface area contributed by atoms with Crippen LogP contribution in [0.1, 0.15) is 47.2 Å². The highest BCUT2D eigenvalue weighted by Gasteiger charge is 2.18. The van der Waals surface area contributed by atoms with Crippen molar-refractivity contribution in [3.63, 3.8) is 0 Å². The van der Waals surface area contributed by atoms with Crippen molar-refractivity contribution in [3.05, 3.63) is 56.2 Å². The molecular weight excluding hydrogens is 340 g/mol. The summed E-state index contributed by atoms with van der Waals surface area (Å²) in [5.41, 5.74) is 3.94. The minimum Gasteiger partial charge on any atom is -0.145 e. The Bertz CT molecular complexity index is 563. The van der Waals surface area contributed by atoms with Crippen molar-refractivity contribution in [2.45, 2.75) is 37.9 Å². The highest BCUT2D eigenvalue weighted by molar-refractivity contribution is 9.09. The van der Waals surface area contributed by atoms with Crippen LogP contribution in [0.5, 0.6) is 0 Å². The molecule has 0 aliphatic heterocycles. The van der Waals surface area contributed by atoms with Gasteiger partial charge in [-0.05, 0) is 34.4 Å². The molecule has 1 unspecified atom stereocenters. The molecule has 0 bridgehead atoms. The van der Waals surface area contributed by atoms with Gasteiger partial charge in [0.1, 0.15) is 0 Å². The van der Waals surface area contributed by atoms with Gasteiger partial charge in [-0.25, -0.2) is 0 Å². The molecule has 1 atom stereocenters. The topological polar surface area (TPSA) is 0 Å². The van der Waals surface area contributed by atoms with Crippen LogP contribution in [0.4, 0.5) is 0 Å². The zero-order valence-electron chi connectivity index (χ0n) is 11.6. The van der Waals surface area contributed by atoms with Gasteiger partial charge in [0.15, 0.2) is 0 Å². The standard InChI is InChI=1S/C16H18BrClS/c1-10-9-19-15(14(10)18)13(17)11-5-7-12(8-6-11)16(2,3)4/h5-9,13H,1-4H3. The largest absolute Gasteiger partial charge is 0.145 e. The van der Waals surface area contributed by atoms with Crippen LogP contribution < -0.4 is 0 Å². The van der Waals surface area contributed by atoms with Crippen LogP contribution in [0.15, 0.2) is 29.6 Å². The van der Waals surface area contributed by atoms with E-state index in [1.165, 1.54) is 16.0 Å². The predicted octanol–water partition coefficient (Wildman–Crippen LogP) is 6.49. The van der Waals surface area contributed by atoms with Gasteiger partial charge in [-0.3, -0.25) is 0 Å². The van der Waals surface area contributed by atoms with Crippen LogP contribution in [-0.2, 0) is 5.41 Å². The first kappa shape index (κ1) is 15.1. The van der Waals surface area contributed by atoms with Crippen LogP contribution in [0.25, 0.3) is 0 Å². The second-order valence-electron chi connectivity index (χ2n) is 5.83. The Morgan fingerprint density at radius 3 is 2.16 bits per heavy atom. The quantitative estimate of drug-likeness (QED) is 0.539. The van der Waals surface area contributed by atoms with Gasteiger partial charge in [0.2, 0.25) is 0 Å². The van der Waals surface area contributed by atoms with Gasteiger partial charge in [-0.1, -0.05) is 72.6 Å². The number of hydrogen-bond donors (Lipinski definition) is 0. The van der Waals surface area contributed by atoms with Crippen molar-refractivity contribution < 1.29 is 0 Å². The van der Waals surface area contributed by atoms with E-state index in [0.29, 0.717) is 0 Å². The average Bonchev–Trinajstić information content (AvgIpc) is 2.68. The Labute approximate surface area is 132 Å². The lowest BCUT2D eigenvalue weighted by Crippen LogP contribution is -2.10.